The molecule has 0 unspecified atom stereocenters. The minimum Gasteiger partial charge on any atom is -0.494 e. The monoisotopic (exact) mass is 198 g/mol. The smallest absolute Gasteiger partial charge is 0.333 e. The van der Waals surface area contributed by atoms with Crippen LogP contribution in [-0.2, 0) is 13.6 Å². The Morgan fingerprint density at radius 1 is 1.43 bits per heavy atom. The van der Waals surface area contributed by atoms with Crippen LogP contribution < -0.4 is 11.2 Å². The molecule has 0 spiro atoms. The third-order valence-corrected chi connectivity index (χ3v) is 2.12. The zero-order valence-electron chi connectivity index (χ0n) is 8.36. The van der Waals surface area contributed by atoms with Gasteiger partial charge in [-0.2, -0.15) is 0 Å². The Morgan fingerprint density at radius 3 is 2.64 bits per heavy atom. The van der Waals surface area contributed by atoms with Gasteiger partial charge in [-0.25, -0.2) is 4.79 Å². The number of unbranched alkanes of at least 4 members (excludes halogenated alkanes) is 1. The van der Waals surface area contributed by atoms with Crippen molar-refractivity contribution in [1.82, 2.24) is 9.13 Å². The molecule has 0 saturated carbocycles. The van der Waals surface area contributed by atoms with Gasteiger partial charge in [0.2, 0.25) is 0 Å². The van der Waals surface area contributed by atoms with Crippen molar-refractivity contribution in [3.05, 3.63) is 26.9 Å². The van der Waals surface area contributed by atoms with E-state index < -0.39 is 11.2 Å². The van der Waals surface area contributed by atoms with Crippen LogP contribution in [-0.4, -0.2) is 14.2 Å². The van der Waals surface area contributed by atoms with E-state index in [1.165, 1.54) is 7.05 Å². The average Bonchev–Trinajstić information content (AvgIpc) is 2.14. The van der Waals surface area contributed by atoms with Crippen LogP contribution in [0.2, 0.25) is 0 Å². The molecule has 1 rings (SSSR count). The van der Waals surface area contributed by atoms with Gasteiger partial charge in [0, 0.05) is 13.6 Å². The highest BCUT2D eigenvalue weighted by atomic mass is 16.3. The number of rotatable bonds is 3. The lowest BCUT2D eigenvalue weighted by atomic mass is 10.3. The molecular formula is C9H14N2O3. The van der Waals surface area contributed by atoms with Crippen molar-refractivity contribution in [2.45, 2.75) is 26.3 Å². The summed E-state index contributed by atoms with van der Waals surface area (Å²) >= 11 is 0. The summed E-state index contributed by atoms with van der Waals surface area (Å²) in [5, 5.41) is 9.18. The molecule has 0 aliphatic rings. The number of nitrogens with zero attached hydrogens (tertiary/aromatic N) is 2. The van der Waals surface area contributed by atoms with E-state index >= 15 is 0 Å². The topological polar surface area (TPSA) is 64.2 Å². The Balaban J connectivity index is 3.23. The van der Waals surface area contributed by atoms with Crippen LogP contribution in [0.25, 0.3) is 0 Å². The molecule has 1 aromatic heterocycles. The molecule has 1 aromatic rings. The zero-order chi connectivity index (χ0) is 10.7. The van der Waals surface area contributed by atoms with E-state index in [0.717, 1.165) is 28.0 Å². The zero-order valence-corrected chi connectivity index (χ0v) is 8.36. The molecule has 0 saturated heterocycles. The van der Waals surface area contributed by atoms with E-state index in [9.17, 15) is 14.7 Å². The van der Waals surface area contributed by atoms with Gasteiger partial charge in [0.25, 0.3) is 5.56 Å². The largest absolute Gasteiger partial charge is 0.494 e. The fourth-order valence-electron chi connectivity index (χ4n) is 1.18. The van der Waals surface area contributed by atoms with Crippen molar-refractivity contribution >= 4 is 0 Å². The van der Waals surface area contributed by atoms with Crippen molar-refractivity contribution in [2.24, 2.45) is 7.05 Å². The highest BCUT2D eigenvalue weighted by Crippen LogP contribution is 1.97. The Labute approximate surface area is 81.2 Å². The maximum Gasteiger partial charge on any atom is 0.333 e. The standard InChI is InChI=1S/C9H14N2O3/c1-3-4-5-11-8(13)6-7(12)10(2)9(11)14/h6,12H,3-5H2,1-2H3. The molecule has 14 heavy (non-hydrogen) atoms. The molecular weight excluding hydrogens is 184 g/mol. The van der Waals surface area contributed by atoms with E-state index in [2.05, 4.69) is 0 Å². The van der Waals surface area contributed by atoms with Crippen molar-refractivity contribution in [2.75, 3.05) is 0 Å². The van der Waals surface area contributed by atoms with Crippen LogP contribution in [0.5, 0.6) is 5.88 Å². The predicted octanol–water partition coefficient (Wildman–Crippen LogP) is 0.0527. The molecule has 0 atom stereocenters. The number of aromatic nitrogens is 2. The molecule has 0 fully saturated rings. The Kier molecular flexibility index (Phi) is 3.11. The van der Waals surface area contributed by atoms with E-state index in [1.54, 1.807) is 0 Å². The lowest BCUT2D eigenvalue weighted by molar-refractivity contribution is 0.405. The molecule has 0 aromatic carbocycles. The summed E-state index contributed by atoms with van der Waals surface area (Å²) in [6, 6.07) is 1.05. The summed E-state index contributed by atoms with van der Waals surface area (Å²) in [6.45, 7) is 2.39. The van der Waals surface area contributed by atoms with Crippen LogP contribution >= 0.6 is 0 Å². The van der Waals surface area contributed by atoms with Gasteiger partial charge >= 0.3 is 5.69 Å². The van der Waals surface area contributed by atoms with E-state index in [0.29, 0.717) is 6.54 Å². The number of hydrogen-bond acceptors (Lipinski definition) is 3. The summed E-state index contributed by atoms with van der Waals surface area (Å²) in [7, 11) is 1.43. The molecule has 0 aliphatic heterocycles. The average molecular weight is 198 g/mol. The first-order valence-electron chi connectivity index (χ1n) is 4.57. The lowest BCUT2D eigenvalue weighted by Crippen LogP contribution is -2.38. The minimum absolute atomic E-state index is 0.298. The van der Waals surface area contributed by atoms with Gasteiger partial charge in [-0.05, 0) is 6.42 Å². The third-order valence-electron chi connectivity index (χ3n) is 2.12. The summed E-state index contributed by atoms with van der Waals surface area (Å²) in [6.07, 6.45) is 1.69. The fraction of sp³-hybridized carbons (Fsp3) is 0.556. The maximum atomic E-state index is 11.5. The second-order valence-electron chi connectivity index (χ2n) is 3.19. The summed E-state index contributed by atoms with van der Waals surface area (Å²) < 4.78 is 2.18. The number of hydrogen-bond donors (Lipinski definition) is 1. The molecule has 5 nitrogen and oxygen atoms in total. The normalized spacial score (nSPS) is 10.4. The predicted molar refractivity (Wildman–Crippen MR) is 52.5 cm³/mol. The lowest BCUT2D eigenvalue weighted by Gasteiger charge is -2.06. The molecule has 78 valence electrons. The fourth-order valence-corrected chi connectivity index (χ4v) is 1.18. The first kappa shape index (κ1) is 10.6. The second-order valence-corrected chi connectivity index (χ2v) is 3.19. The molecule has 0 bridgehead atoms. The first-order chi connectivity index (χ1) is 6.57. The summed E-state index contributed by atoms with van der Waals surface area (Å²) in [5.41, 5.74) is -0.914. The van der Waals surface area contributed by atoms with Crippen LogP contribution in [0.1, 0.15) is 19.8 Å². The first-order valence-corrected chi connectivity index (χ1v) is 4.57. The number of aromatic hydroxyl groups is 1. The van der Waals surface area contributed by atoms with Crippen molar-refractivity contribution < 1.29 is 5.11 Å². The van der Waals surface area contributed by atoms with Gasteiger partial charge in [-0.3, -0.25) is 13.9 Å². The minimum atomic E-state index is -0.469. The van der Waals surface area contributed by atoms with Crippen LogP contribution in [0.4, 0.5) is 0 Å². The molecule has 0 amide bonds. The van der Waals surface area contributed by atoms with E-state index in [1.807, 2.05) is 6.92 Å². The van der Waals surface area contributed by atoms with Gasteiger partial charge in [0.05, 0.1) is 6.07 Å². The molecule has 0 aliphatic carbocycles. The second kappa shape index (κ2) is 4.13. The Morgan fingerprint density at radius 2 is 2.07 bits per heavy atom. The van der Waals surface area contributed by atoms with Crippen molar-refractivity contribution in [3.8, 4) is 5.88 Å². The van der Waals surface area contributed by atoms with Crippen molar-refractivity contribution in [1.29, 1.82) is 0 Å². The maximum absolute atomic E-state index is 11.5. The van der Waals surface area contributed by atoms with Crippen LogP contribution in [0, 0.1) is 0 Å². The van der Waals surface area contributed by atoms with Crippen LogP contribution in [0.3, 0.4) is 0 Å². The third kappa shape index (κ3) is 1.86. The molecule has 1 N–H and O–H groups in total. The van der Waals surface area contributed by atoms with Gasteiger partial charge in [-0.1, -0.05) is 13.3 Å². The molecule has 5 heteroatoms. The Bertz CT molecular complexity index is 431. The SMILES string of the molecule is CCCCn1c(=O)cc(O)n(C)c1=O. The quantitative estimate of drug-likeness (QED) is 0.746. The van der Waals surface area contributed by atoms with Gasteiger partial charge in [0.1, 0.15) is 0 Å². The molecule has 1 heterocycles. The molecule has 0 radical (unpaired) electrons. The van der Waals surface area contributed by atoms with Gasteiger partial charge in [-0.15, -0.1) is 0 Å². The summed E-state index contributed by atoms with van der Waals surface area (Å²) in [4.78, 5) is 22.8. The van der Waals surface area contributed by atoms with E-state index in [-0.39, 0.29) is 5.88 Å². The van der Waals surface area contributed by atoms with Crippen LogP contribution in [0.15, 0.2) is 15.7 Å². The van der Waals surface area contributed by atoms with Gasteiger partial charge < -0.3 is 5.11 Å². The highest BCUT2D eigenvalue weighted by molar-refractivity contribution is 5.06. The van der Waals surface area contributed by atoms with Gasteiger partial charge in [0.15, 0.2) is 5.88 Å². The Hall–Kier alpha value is -1.52. The summed E-state index contributed by atoms with van der Waals surface area (Å²) in [5.74, 6) is -0.298. The van der Waals surface area contributed by atoms with E-state index in [4.69, 9.17) is 0 Å². The van der Waals surface area contributed by atoms with Crippen molar-refractivity contribution in [3.63, 3.8) is 0 Å². The highest BCUT2D eigenvalue weighted by Gasteiger charge is 2.06.